The highest BCUT2D eigenvalue weighted by Crippen LogP contribution is 2.39. The lowest BCUT2D eigenvalue weighted by molar-refractivity contribution is -0.366. The van der Waals surface area contributed by atoms with Gasteiger partial charge in [0.2, 0.25) is 5.79 Å². The molecule has 8 nitrogen and oxygen atoms in total. The van der Waals surface area contributed by atoms with Gasteiger partial charge in [-0.2, -0.15) is 0 Å². The van der Waals surface area contributed by atoms with E-state index in [4.69, 9.17) is 9.47 Å². The monoisotopic (exact) mass is 301 g/mol. The lowest BCUT2D eigenvalue weighted by Gasteiger charge is -2.47. The molecule has 0 radical (unpaired) electrons. The van der Waals surface area contributed by atoms with Crippen LogP contribution < -0.4 is 0 Å². The zero-order chi connectivity index (χ0) is 15.8. The van der Waals surface area contributed by atoms with E-state index in [9.17, 15) is 25.5 Å². The lowest BCUT2D eigenvalue weighted by atomic mass is 9.88. The molecule has 0 amide bonds. The number of aliphatic hydroxyl groups is 4. The molecule has 118 valence electrons. The van der Waals surface area contributed by atoms with Crippen LogP contribution in [-0.4, -0.2) is 68.6 Å². The van der Waals surface area contributed by atoms with Crippen LogP contribution in [0, 0.1) is 6.92 Å². The van der Waals surface area contributed by atoms with Crippen molar-refractivity contribution in [2.45, 2.75) is 37.1 Å². The van der Waals surface area contributed by atoms with Gasteiger partial charge in [-0.05, 0) is 13.0 Å². The van der Waals surface area contributed by atoms with E-state index in [1.54, 1.807) is 6.92 Å². The van der Waals surface area contributed by atoms with Crippen molar-refractivity contribution >= 4 is 0 Å². The van der Waals surface area contributed by atoms with Crippen molar-refractivity contribution in [1.82, 2.24) is 4.98 Å². The Balaban J connectivity index is 2.49. The fourth-order valence-corrected chi connectivity index (χ4v) is 2.38. The first-order valence-corrected chi connectivity index (χ1v) is 6.41. The van der Waals surface area contributed by atoms with Gasteiger partial charge in [-0.15, -0.1) is 0 Å². The number of pyridine rings is 1. The Labute approximate surface area is 121 Å². The maximum Gasteiger partial charge on any atom is 0.226 e. The van der Waals surface area contributed by atoms with Crippen LogP contribution in [0.15, 0.2) is 12.3 Å². The fourth-order valence-electron chi connectivity index (χ4n) is 2.38. The van der Waals surface area contributed by atoms with E-state index in [1.807, 2.05) is 0 Å². The topological polar surface area (TPSA) is 132 Å². The molecule has 1 aromatic rings. The predicted octanol–water partition coefficient (Wildman–Crippen LogP) is -1.63. The SMILES string of the molecule is CO[C@@]1(c2cnc(C)c(O)c2)O[C@H](CO)[C@@H](O)[C@H](O)[C@H]1O. The van der Waals surface area contributed by atoms with E-state index in [2.05, 4.69) is 4.98 Å². The van der Waals surface area contributed by atoms with Crippen LogP contribution >= 0.6 is 0 Å². The Kier molecular flexibility index (Phi) is 4.47. The molecule has 21 heavy (non-hydrogen) atoms. The molecule has 0 aliphatic carbocycles. The molecule has 0 bridgehead atoms. The Morgan fingerprint density at radius 1 is 1.33 bits per heavy atom. The van der Waals surface area contributed by atoms with Crippen molar-refractivity contribution < 1.29 is 35.0 Å². The van der Waals surface area contributed by atoms with Crippen LogP contribution in [0.3, 0.4) is 0 Å². The van der Waals surface area contributed by atoms with Gasteiger partial charge in [-0.3, -0.25) is 4.98 Å². The number of aromatic hydroxyl groups is 1. The van der Waals surface area contributed by atoms with Crippen LogP contribution in [0.5, 0.6) is 5.75 Å². The second kappa shape index (κ2) is 5.84. The minimum absolute atomic E-state index is 0.138. The molecule has 5 N–H and O–H groups in total. The number of ether oxygens (including phenoxy) is 2. The summed E-state index contributed by atoms with van der Waals surface area (Å²) in [4.78, 5) is 3.95. The number of hydrogen-bond acceptors (Lipinski definition) is 8. The highest BCUT2D eigenvalue weighted by Gasteiger charge is 2.55. The van der Waals surface area contributed by atoms with Gasteiger partial charge in [0.15, 0.2) is 0 Å². The molecule has 1 fully saturated rings. The fraction of sp³-hybridized carbons (Fsp3) is 0.615. The van der Waals surface area contributed by atoms with Crippen molar-refractivity contribution in [1.29, 1.82) is 0 Å². The molecule has 2 heterocycles. The third-order valence-corrected chi connectivity index (χ3v) is 3.72. The number of aromatic nitrogens is 1. The van der Waals surface area contributed by atoms with E-state index in [-0.39, 0.29) is 11.3 Å². The van der Waals surface area contributed by atoms with Crippen LogP contribution in [0.4, 0.5) is 0 Å². The lowest BCUT2D eigenvalue weighted by Crippen LogP contribution is -2.64. The number of aryl methyl sites for hydroxylation is 1. The first kappa shape index (κ1) is 16.1. The van der Waals surface area contributed by atoms with Crippen LogP contribution in [-0.2, 0) is 15.3 Å². The molecule has 0 aromatic carbocycles. The molecule has 2 rings (SSSR count). The summed E-state index contributed by atoms with van der Waals surface area (Å²) in [6.07, 6.45) is -4.55. The summed E-state index contributed by atoms with van der Waals surface area (Å²) in [5.41, 5.74) is 0.527. The standard InChI is InChI=1S/C13H19NO7/c1-6-8(16)3-7(4-14-6)13(20-2)12(19)11(18)10(17)9(5-15)21-13/h3-4,9-12,15-19H,5H2,1-2H3/t9-,10-,11+,12-,13+/m1/s1. The minimum Gasteiger partial charge on any atom is -0.506 e. The molecular weight excluding hydrogens is 282 g/mol. The highest BCUT2D eigenvalue weighted by atomic mass is 16.7. The highest BCUT2D eigenvalue weighted by molar-refractivity contribution is 5.33. The van der Waals surface area contributed by atoms with Gasteiger partial charge in [0, 0.05) is 18.9 Å². The Hall–Kier alpha value is -1.29. The maximum absolute atomic E-state index is 10.2. The molecular formula is C13H19NO7. The molecule has 5 atom stereocenters. The Bertz CT molecular complexity index is 509. The average molecular weight is 301 g/mol. The molecule has 0 spiro atoms. The van der Waals surface area contributed by atoms with Gasteiger partial charge in [0.25, 0.3) is 0 Å². The van der Waals surface area contributed by atoms with Gasteiger partial charge in [-0.25, -0.2) is 0 Å². The van der Waals surface area contributed by atoms with Gasteiger partial charge < -0.3 is 35.0 Å². The van der Waals surface area contributed by atoms with Crippen molar-refractivity contribution in [2.75, 3.05) is 13.7 Å². The first-order chi connectivity index (χ1) is 9.87. The van der Waals surface area contributed by atoms with Crippen molar-refractivity contribution in [3.8, 4) is 5.75 Å². The number of methoxy groups -OCH3 is 1. The summed E-state index contributed by atoms with van der Waals surface area (Å²) in [7, 11) is 1.24. The third-order valence-electron chi connectivity index (χ3n) is 3.72. The van der Waals surface area contributed by atoms with Gasteiger partial charge in [-0.1, -0.05) is 0 Å². The summed E-state index contributed by atoms with van der Waals surface area (Å²) >= 11 is 0. The third kappa shape index (κ3) is 2.50. The summed E-state index contributed by atoms with van der Waals surface area (Å²) in [6.45, 7) is 1.01. The van der Waals surface area contributed by atoms with Crippen molar-refractivity contribution in [2.24, 2.45) is 0 Å². The molecule has 1 aliphatic heterocycles. The molecule has 1 saturated heterocycles. The Morgan fingerprint density at radius 2 is 2.00 bits per heavy atom. The van der Waals surface area contributed by atoms with Crippen LogP contribution in [0.25, 0.3) is 0 Å². The molecule has 8 heteroatoms. The molecule has 0 saturated carbocycles. The number of hydrogen-bond donors (Lipinski definition) is 5. The van der Waals surface area contributed by atoms with Crippen molar-refractivity contribution in [3.63, 3.8) is 0 Å². The van der Waals surface area contributed by atoms with Gasteiger partial charge in [0.1, 0.15) is 30.2 Å². The largest absolute Gasteiger partial charge is 0.506 e. The van der Waals surface area contributed by atoms with Crippen LogP contribution in [0.2, 0.25) is 0 Å². The summed E-state index contributed by atoms with van der Waals surface area (Å²) < 4.78 is 10.7. The van der Waals surface area contributed by atoms with E-state index < -0.39 is 36.8 Å². The number of aliphatic hydroxyl groups excluding tert-OH is 4. The summed E-state index contributed by atoms with van der Waals surface area (Å²) in [5, 5.41) is 48.9. The Morgan fingerprint density at radius 3 is 2.52 bits per heavy atom. The molecule has 1 aromatic heterocycles. The zero-order valence-corrected chi connectivity index (χ0v) is 11.7. The number of nitrogens with zero attached hydrogens (tertiary/aromatic N) is 1. The maximum atomic E-state index is 10.2. The van der Waals surface area contributed by atoms with E-state index >= 15 is 0 Å². The molecule has 0 unspecified atom stereocenters. The summed E-state index contributed by atoms with van der Waals surface area (Å²) in [6, 6.07) is 1.29. The smallest absolute Gasteiger partial charge is 0.226 e. The van der Waals surface area contributed by atoms with Gasteiger partial charge >= 0.3 is 0 Å². The zero-order valence-electron chi connectivity index (χ0n) is 11.7. The van der Waals surface area contributed by atoms with Crippen molar-refractivity contribution in [3.05, 3.63) is 23.5 Å². The second-order valence-electron chi connectivity index (χ2n) is 4.97. The normalized spacial score (nSPS) is 36.7. The van der Waals surface area contributed by atoms with E-state index in [0.717, 1.165) is 0 Å². The average Bonchev–Trinajstić information content (AvgIpc) is 2.49. The quantitative estimate of drug-likeness (QED) is 0.449. The molecule has 1 aliphatic rings. The predicted molar refractivity (Wildman–Crippen MR) is 69.3 cm³/mol. The second-order valence-corrected chi connectivity index (χ2v) is 4.97. The van der Waals surface area contributed by atoms with Crippen LogP contribution in [0.1, 0.15) is 11.3 Å². The summed E-state index contributed by atoms with van der Waals surface area (Å²) in [5.74, 6) is -1.99. The van der Waals surface area contributed by atoms with E-state index in [0.29, 0.717) is 5.69 Å². The van der Waals surface area contributed by atoms with Gasteiger partial charge in [0.05, 0.1) is 12.3 Å². The van der Waals surface area contributed by atoms with E-state index in [1.165, 1.54) is 19.4 Å². The first-order valence-electron chi connectivity index (χ1n) is 6.41. The minimum atomic E-state index is -1.86. The number of rotatable bonds is 3.